The Hall–Kier alpha value is -2.24. The first-order valence-corrected chi connectivity index (χ1v) is 7.39. The smallest absolute Gasteiger partial charge is 0.250 e. The molecule has 3 aromatic rings. The Morgan fingerprint density at radius 1 is 1.41 bits per heavy atom. The molecule has 0 amide bonds. The zero-order valence-electron chi connectivity index (χ0n) is 12.2. The molecule has 3 heterocycles. The van der Waals surface area contributed by atoms with Crippen LogP contribution in [0.4, 0.5) is 8.78 Å². The van der Waals surface area contributed by atoms with Gasteiger partial charge < -0.3 is 4.98 Å². The molecule has 1 atom stereocenters. The van der Waals surface area contributed by atoms with Crippen LogP contribution in [-0.4, -0.2) is 25.7 Å². The lowest BCUT2D eigenvalue weighted by Crippen LogP contribution is -2.12. The summed E-state index contributed by atoms with van der Waals surface area (Å²) in [6.45, 7) is 2.02. The van der Waals surface area contributed by atoms with E-state index in [1.807, 2.05) is 25.3 Å². The predicted molar refractivity (Wildman–Crippen MR) is 79.9 cm³/mol. The highest BCUT2D eigenvalue weighted by molar-refractivity contribution is 5.83. The second kappa shape index (κ2) is 4.63. The summed E-state index contributed by atoms with van der Waals surface area (Å²) in [6, 6.07) is 3.68. The molecule has 0 aromatic carbocycles. The molecule has 0 aliphatic heterocycles. The summed E-state index contributed by atoms with van der Waals surface area (Å²) in [7, 11) is 0. The molecular formula is C16H16F2N4. The van der Waals surface area contributed by atoms with Crippen LogP contribution in [0.1, 0.15) is 30.9 Å². The number of rotatable bonds is 2. The highest BCUT2D eigenvalue weighted by Crippen LogP contribution is 2.41. The largest absolute Gasteiger partial charge is 0.346 e. The summed E-state index contributed by atoms with van der Waals surface area (Å²) in [4.78, 5) is 7.49. The third kappa shape index (κ3) is 2.19. The molecule has 1 aliphatic carbocycles. The van der Waals surface area contributed by atoms with Gasteiger partial charge in [-0.2, -0.15) is 5.10 Å². The summed E-state index contributed by atoms with van der Waals surface area (Å²) >= 11 is 0. The quantitative estimate of drug-likeness (QED) is 0.775. The van der Waals surface area contributed by atoms with Gasteiger partial charge in [0.2, 0.25) is 5.92 Å². The number of hydrogen-bond donors (Lipinski definition) is 1. The van der Waals surface area contributed by atoms with Gasteiger partial charge >= 0.3 is 0 Å². The van der Waals surface area contributed by atoms with Crippen molar-refractivity contribution >= 4 is 11.0 Å². The number of nitrogens with one attached hydrogen (secondary N) is 1. The van der Waals surface area contributed by atoms with Crippen molar-refractivity contribution in [2.75, 3.05) is 0 Å². The molecule has 1 fully saturated rings. The number of nitrogens with zero attached hydrogens (tertiary/aromatic N) is 3. The molecule has 3 aromatic heterocycles. The van der Waals surface area contributed by atoms with Crippen molar-refractivity contribution in [1.29, 1.82) is 0 Å². The maximum atomic E-state index is 13.3. The van der Waals surface area contributed by atoms with Gasteiger partial charge in [0.05, 0.1) is 11.7 Å². The van der Waals surface area contributed by atoms with Gasteiger partial charge in [-0.25, -0.2) is 13.8 Å². The monoisotopic (exact) mass is 302 g/mol. The van der Waals surface area contributed by atoms with Crippen LogP contribution >= 0.6 is 0 Å². The number of fused-ring (bicyclic) bond motifs is 1. The van der Waals surface area contributed by atoms with E-state index in [2.05, 4.69) is 15.1 Å². The van der Waals surface area contributed by atoms with Crippen LogP contribution in [0.3, 0.4) is 0 Å². The lowest BCUT2D eigenvalue weighted by atomic mass is 10.1. The first kappa shape index (κ1) is 13.4. The van der Waals surface area contributed by atoms with Crippen LogP contribution in [0.2, 0.25) is 0 Å². The third-order valence-electron chi connectivity index (χ3n) is 4.39. The number of hydrogen-bond acceptors (Lipinski definition) is 2. The normalized spacial score (nSPS) is 20.8. The first-order valence-electron chi connectivity index (χ1n) is 7.39. The fourth-order valence-electron chi connectivity index (χ4n) is 3.12. The van der Waals surface area contributed by atoms with E-state index < -0.39 is 5.92 Å². The van der Waals surface area contributed by atoms with Crippen molar-refractivity contribution in [3.8, 4) is 11.3 Å². The fraction of sp³-hybridized carbons (Fsp3) is 0.375. The van der Waals surface area contributed by atoms with Crippen LogP contribution in [0.25, 0.3) is 22.3 Å². The van der Waals surface area contributed by atoms with Gasteiger partial charge in [0, 0.05) is 42.4 Å². The van der Waals surface area contributed by atoms with E-state index in [1.54, 1.807) is 17.1 Å². The minimum absolute atomic E-state index is 0.0527. The lowest BCUT2D eigenvalue weighted by molar-refractivity contribution is 0.00519. The Balaban J connectivity index is 1.66. The molecule has 0 bridgehead atoms. The van der Waals surface area contributed by atoms with Crippen molar-refractivity contribution in [3.63, 3.8) is 0 Å². The molecule has 1 N–H and O–H groups in total. The van der Waals surface area contributed by atoms with Crippen LogP contribution in [0.5, 0.6) is 0 Å². The van der Waals surface area contributed by atoms with E-state index in [4.69, 9.17) is 0 Å². The SMILES string of the molecule is Cc1c[nH]c2ncc(-c3ccn([C@@H]4CCC(F)(F)C4)n3)cc12. The van der Waals surface area contributed by atoms with Crippen LogP contribution in [-0.2, 0) is 0 Å². The Morgan fingerprint density at radius 2 is 2.27 bits per heavy atom. The summed E-state index contributed by atoms with van der Waals surface area (Å²) in [5, 5.41) is 5.54. The molecule has 0 spiro atoms. The standard InChI is InChI=1S/C16H16F2N4/c1-10-8-19-15-13(10)6-11(9-20-15)14-3-5-22(21-14)12-2-4-16(17,18)7-12/h3,5-6,8-9,12H,2,4,7H2,1H3,(H,19,20)/t12-/m1/s1. The number of aromatic nitrogens is 4. The van der Waals surface area contributed by atoms with E-state index in [1.165, 1.54) is 0 Å². The van der Waals surface area contributed by atoms with E-state index >= 15 is 0 Å². The van der Waals surface area contributed by atoms with E-state index in [-0.39, 0.29) is 18.9 Å². The Kier molecular flexibility index (Phi) is 2.82. The van der Waals surface area contributed by atoms with Gasteiger partial charge in [-0.1, -0.05) is 0 Å². The van der Waals surface area contributed by atoms with Crippen LogP contribution < -0.4 is 0 Å². The molecule has 6 heteroatoms. The van der Waals surface area contributed by atoms with Crippen LogP contribution in [0.15, 0.2) is 30.7 Å². The predicted octanol–water partition coefficient (Wildman–Crippen LogP) is 4.10. The number of halogens is 2. The average molecular weight is 302 g/mol. The summed E-state index contributed by atoms with van der Waals surface area (Å²) in [6.07, 6.45) is 5.76. The molecule has 114 valence electrons. The van der Waals surface area contributed by atoms with Gasteiger partial charge in [0.1, 0.15) is 5.65 Å². The van der Waals surface area contributed by atoms with Crippen LogP contribution in [0, 0.1) is 6.92 Å². The zero-order chi connectivity index (χ0) is 15.3. The minimum atomic E-state index is -2.56. The molecule has 1 aliphatic rings. The fourth-order valence-corrected chi connectivity index (χ4v) is 3.12. The summed E-state index contributed by atoms with van der Waals surface area (Å²) < 4.78 is 28.3. The zero-order valence-corrected chi connectivity index (χ0v) is 12.2. The minimum Gasteiger partial charge on any atom is -0.346 e. The highest BCUT2D eigenvalue weighted by Gasteiger charge is 2.40. The topological polar surface area (TPSA) is 46.5 Å². The molecule has 4 nitrogen and oxygen atoms in total. The van der Waals surface area contributed by atoms with E-state index in [0.29, 0.717) is 6.42 Å². The van der Waals surface area contributed by atoms with E-state index in [9.17, 15) is 8.78 Å². The molecule has 0 saturated heterocycles. The maximum absolute atomic E-state index is 13.3. The summed E-state index contributed by atoms with van der Waals surface area (Å²) in [5.74, 6) is -2.56. The number of aromatic amines is 1. The van der Waals surface area contributed by atoms with Gasteiger partial charge in [-0.3, -0.25) is 4.68 Å². The molecular weight excluding hydrogens is 286 g/mol. The Morgan fingerprint density at radius 3 is 3.05 bits per heavy atom. The van der Waals surface area contributed by atoms with E-state index in [0.717, 1.165) is 27.9 Å². The number of H-pyrrole nitrogens is 1. The second-order valence-electron chi connectivity index (χ2n) is 6.03. The number of pyridine rings is 1. The molecule has 1 saturated carbocycles. The van der Waals surface area contributed by atoms with Gasteiger partial charge in [0.15, 0.2) is 0 Å². The van der Waals surface area contributed by atoms with Crippen molar-refractivity contribution in [3.05, 3.63) is 36.3 Å². The van der Waals surface area contributed by atoms with Crippen molar-refractivity contribution < 1.29 is 8.78 Å². The first-order chi connectivity index (χ1) is 10.5. The molecule has 0 radical (unpaired) electrons. The molecule has 22 heavy (non-hydrogen) atoms. The Labute approximate surface area is 126 Å². The average Bonchev–Trinajstić information content (AvgIpc) is 3.18. The number of alkyl halides is 2. The highest BCUT2D eigenvalue weighted by atomic mass is 19.3. The summed E-state index contributed by atoms with van der Waals surface area (Å²) in [5.41, 5.74) is 3.64. The molecule has 0 unspecified atom stereocenters. The lowest BCUT2D eigenvalue weighted by Gasteiger charge is -2.10. The maximum Gasteiger partial charge on any atom is 0.250 e. The second-order valence-corrected chi connectivity index (χ2v) is 6.03. The van der Waals surface area contributed by atoms with Crippen molar-refractivity contribution in [1.82, 2.24) is 19.7 Å². The Bertz CT molecular complexity index is 834. The van der Waals surface area contributed by atoms with Crippen molar-refractivity contribution in [2.45, 2.75) is 38.2 Å². The molecule has 4 rings (SSSR count). The number of aryl methyl sites for hydroxylation is 1. The van der Waals surface area contributed by atoms with Crippen molar-refractivity contribution in [2.24, 2.45) is 0 Å². The third-order valence-corrected chi connectivity index (χ3v) is 4.39. The van der Waals surface area contributed by atoms with Gasteiger partial charge in [0.25, 0.3) is 0 Å². The van der Waals surface area contributed by atoms with Gasteiger partial charge in [-0.05, 0) is 31.0 Å². The van der Waals surface area contributed by atoms with Gasteiger partial charge in [-0.15, -0.1) is 0 Å².